The van der Waals surface area contributed by atoms with E-state index in [0.717, 1.165) is 12.0 Å². The van der Waals surface area contributed by atoms with Crippen LogP contribution in [0.5, 0.6) is 0 Å². The van der Waals surface area contributed by atoms with E-state index in [1.165, 1.54) is 6.08 Å². The third-order valence-electron chi connectivity index (χ3n) is 3.45. The lowest BCUT2D eigenvalue weighted by molar-refractivity contribution is -0.118. The number of carbonyl (C=O) groups excluding carboxylic acids is 1. The van der Waals surface area contributed by atoms with Gasteiger partial charge in [-0.3, -0.25) is 4.79 Å². The van der Waals surface area contributed by atoms with Gasteiger partial charge in [-0.1, -0.05) is 12.1 Å². The maximum atomic E-state index is 11.8. The highest BCUT2D eigenvalue weighted by molar-refractivity contribution is 5.91. The molecule has 1 unspecified atom stereocenters. The molecular formula is C15H20N2O3. The van der Waals surface area contributed by atoms with Crippen molar-refractivity contribution in [3.8, 4) is 0 Å². The molecule has 1 atom stereocenters. The maximum absolute atomic E-state index is 11.8. The number of hydrogen-bond donors (Lipinski definition) is 2. The first-order valence-corrected chi connectivity index (χ1v) is 6.58. The number of methoxy groups -OCH3 is 1. The van der Waals surface area contributed by atoms with Gasteiger partial charge in [0.05, 0.1) is 6.61 Å². The van der Waals surface area contributed by atoms with Crippen LogP contribution < -0.4 is 11.1 Å². The lowest BCUT2D eigenvalue weighted by Crippen LogP contribution is -2.44. The Kier molecular flexibility index (Phi) is 4.76. The van der Waals surface area contributed by atoms with Crippen LogP contribution in [0.2, 0.25) is 0 Å². The fraction of sp³-hybridized carbons (Fsp3) is 0.400. The van der Waals surface area contributed by atoms with Crippen molar-refractivity contribution in [1.29, 1.82) is 0 Å². The Bertz CT molecular complexity index is 476. The summed E-state index contributed by atoms with van der Waals surface area (Å²) >= 11 is 0. The van der Waals surface area contributed by atoms with Gasteiger partial charge in [-0.05, 0) is 23.8 Å². The second kappa shape index (κ2) is 6.54. The van der Waals surface area contributed by atoms with Gasteiger partial charge in [-0.2, -0.15) is 0 Å². The first-order valence-electron chi connectivity index (χ1n) is 6.58. The fourth-order valence-corrected chi connectivity index (χ4v) is 2.05. The highest BCUT2D eigenvalue weighted by Crippen LogP contribution is 2.21. The van der Waals surface area contributed by atoms with Crippen LogP contribution in [-0.4, -0.2) is 38.4 Å². The third kappa shape index (κ3) is 3.82. The van der Waals surface area contributed by atoms with Gasteiger partial charge in [-0.25, -0.2) is 0 Å². The fourth-order valence-electron chi connectivity index (χ4n) is 2.05. The Balaban J connectivity index is 1.84. The van der Waals surface area contributed by atoms with Crippen molar-refractivity contribution < 1.29 is 14.3 Å². The van der Waals surface area contributed by atoms with Crippen LogP contribution in [0.25, 0.3) is 6.08 Å². The molecule has 0 bridgehead atoms. The topological polar surface area (TPSA) is 73.6 Å². The van der Waals surface area contributed by atoms with Crippen molar-refractivity contribution in [3.05, 3.63) is 35.9 Å². The monoisotopic (exact) mass is 276 g/mol. The minimum Gasteiger partial charge on any atom is -0.399 e. The number of benzene rings is 1. The molecule has 0 aromatic heterocycles. The Morgan fingerprint density at radius 1 is 1.50 bits per heavy atom. The summed E-state index contributed by atoms with van der Waals surface area (Å²) in [7, 11) is 1.64. The van der Waals surface area contributed by atoms with Crippen molar-refractivity contribution in [2.75, 3.05) is 32.6 Å². The van der Waals surface area contributed by atoms with Gasteiger partial charge in [0.1, 0.15) is 5.60 Å². The molecule has 5 heteroatoms. The second-order valence-electron chi connectivity index (χ2n) is 4.91. The Labute approximate surface area is 118 Å². The second-order valence-corrected chi connectivity index (χ2v) is 4.91. The van der Waals surface area contributed by atoms with Gasteiger partial charge < -0.3 is 20.5 Å². The molecule has 0 saturated carbocycles. The SMILES string of the molecule is COC1(CNC(=O)/C=C/c2ccc(N)cc2)CCOC1. The highest BCUT2D eigenvalue weighted by Gasteiger charge is 2.34. The first-order chi connectivity index (χ1) is 9.63. The van der Waals surface area contributed by atoms with E-state index in [-0.39, 0.29) is 11.5 Å². The molecule has 1 aliphatic heterocycles. The zero-order chi connectivity index (χ0) is 14.4. The summed E-state index contributed by atoms with van der Waals surface area (Å²) in [5, 5.41) is 2.84. The minimum atomic E-state index is -0.384. The minimum absolute atomic E-state index is 0.148. The number of anilines is 1. The molecule has 1 aromatic rings. The zero-order valence-corrected chi connectivity index (χ0v) is 11.6. The first kappa shape index (κ1) is 14.6. The van der Waals surface area contributed by atoms with Gasteiger partial charge in [0, 0.05) is 38.4 Å². The molecule has 5 nitrogen and oxygen atoms in total. The standard InChI is InChI=1S/C15H20N2O3/c1-19-15(8-9-20-11-15)10-17-14(18)7-4-12-2-5-13(16)6-3-12/h2-7H,8-11,16H2,1H3,(H,17,18)/b7-4+. The van der Waals surface area contributed by atoms with E-state index >= 15 is 0 Å². The van der Waals surface area contributed by atoms with Gasteiger partial charge in [0.2, 0.25) is 5.91 Å². The molecule has 1 saturated heterocycles. The molecule has 1 heterocycles. The number of nitrogens with one attached hydrogen (secondary N) is 1. The number of rotatable bonds is 5. The Morgan fingerprint density at radius 3 is 2.85 bits per heavy atom. The predicted molar refractivity (Wildman–Crippen MR) is 78.1 cm³/mol. The van der Waals surface area contributed by atoms with Crippen molar-refractivity contribution in [2.45, 2.75) is 12.0 Å². The van der Waals surface area contributed by atoms with Gasteiger partial charge in [0.15, 0.2) is 0 Å². The highest BCUT2D eigenvalue weighted by atomic mass is 16.5. The molecule has 1 aromatic carbocycles. The van der Waals surface area contributed by atoms with Crippen LogP contribution in [0.4, 0.5) is 5.69 Å². The molecule has 3 N–H and O–H groups in total. The van der Waals surface area contributed by atoms with Crippen molar-refractivity contribution in [2.24, 2.45) is 0 Å². The van der Waals surface area contributed by atoms with E-state index in [9.17, 15) is 4.79 Å². The zero-order valence-electron chi connectivity index (χ0n) is 11.6. The summed E-state index contributed by atoms with van der Waals surface area (Å²) in [6.45, 7) is 1.64. The number of nitrogens with two attached hydrogens (primary N) is 1. The molecule has 0 aliphatic carbocycles. The maximum Gasteiger partial charge on any atom is 0.244 e. The predicted octanol–water partition coefficient (Wildman–Crippen LogP) is 1.20. The van der Waals surface area contributed by atoms with Crippen molar-refractivity contribution in [1.82, 2.24) is 5.32 Å². The molecular weight excluding hydrogens is 256 g/mol. The van der Waals surface area contributed by atoms with Gasteiger partial charge in [-0.15, -0.1) is 0 Å². The molecule has 0 radical (unpaired) electrons. The van der Waals surface area contributed by atoms with E-state index in [1.807, 2.05) is 12.1 Å². The summed E-state index contributed by atoms with van der Waals surface area (Å²) in [4.78, 5) is 11.8. The van der Waals surface area contributed by atoms with Crippen LogP contribution in [0.15, 0.2) is 30.3 Å². The van der Waals surface area contributed by atoms with Gasteiger partial charge >= 0.3 is 0 Å². The van der Waals surface area contributed by atoms with Crippen molar-refractivity contribution in [3.63, 3.8) is 0 Å². The van der Waals surface area contributed by atoms with Crippen LogP contribution in [0.3, 0.4) is 0 Å². The Morgan fingerprint density at radius 2 is 2.25 bits per heavy atom. The summed E-state index contributed by atoms with van der Waals surface area (Å²) in [5.74, 6) is -0.148. The smallest absolute Gasteiger partial charge is 0.244 e. The average molecular weight is 276 g/mol. The van der Waals surface area contributed by atoms with Gasteiger partial charge in [0.25, 0.3) is 0 Å². The summed E-state index contributed by atoms with van der Waals surface area (Å²) < 4.78 is 10.8. The van der Waals surface area contributed by atoms with Crippen LogP contribution >= 0.6 is 0 Å². The van der Waals surface area contributed by atoms with Crippen molar-refractivity contribution >= 4 is 17.7 Å². The van der Waals surface area contributed by atoms with E-state index in [0.29, 0.717) is 25.4 Å². The van der Waals surface area contributed by atoms with Crippen LogP contribution in [0, 0.1) is 0 Å². The number of carbonyl (C=O) groups is 1. The molecule has 1 amide bonds. The molecule has 108 valence electrons. The summed E-state index contributed by atoms with van der Waals surface area (Å²) in [6.07, 6.45) is 4.05. The molecule has 2 rings (SSSR count). The normalized spacial score (nSPS) is 22.2. The molecule has 1 aliphatic rings. The number of ether oxygens (including phenoxy) is 2. The Hall–Kier alpha value is -1.85. The summed E-state index contributed by atoms with van der Waals surface area (Å²) in [6, 6.07) is 7.32. The third-order valence-corrected chi connectivity index (χ3v) is 3.45. The van der Waals surface area contributed by atoms with E-state index in [4.69, 9.17) is 15.2 Å². The number of nitrogen functional groups attached to an aromatic ring is 1. The lowest BCUT2D eigenvalue weighted by Gasteiger charge is -2.25. The van der Waals surface area contributed by atoms with E-state index in [1.54, 1.807) is 25.3 Å². The number of amides is 1. The van der Waals surface area contributed by atoms with E-state index < -0.39 is 0 Å². The quantitative estimate of drug-likeness (QED) is 0.626. The van der Waals surface area contributed by atoms with Crippen LogP contribution in [-0.2, 0) is 14.3 Å². The van der Waals surface area contributed by atoms with Crippen LogP contribution in [0.1, 0.15) is 12.0 Å². The largest absolute Gasteiger partial charge is 0.399 e. The molecule has 0 spiro atoms. The average Bonchev–Trinajstić information content (AvgIpc) is 2.94. The number of hydrogen-bond acceptors (Lipinski definition) is 4. The molecule has 1 fully saturated rings. The van der Waals surface area contributed by atoms with E-state index in [2.05, 4.69) is 5.32 Å². The lowest BCUT2D eigenvalue weighted by atomic mass is 10.0. The molecule has 20 heavy (non-hydrogen) atoms. The summed E-state index contributed by atoms with van der Waals surface area (Å²) in [5.41, 5.74) is 6.85.